The van der Waals surface area contributed by atoms with Crippen LogP contribution in [0.5, 0.6) is 0 Å². The van der Waals surface area contributed by atoms with Crippen molar-refractivity contribution < 1.29 is 0 Å². The summed E-state index contributed by atoms with van der Waals surface area (Å²) in [6.07, 6.45) is 6.62. The maximum absolute atomic E-state index is 5.07. The van der Waals surface area contributed by atoms with Crippen LogP contribution >= 0.6 is 23.1 Å². The van der Waals surface area contributed by atoms with Crippen molar-refractivity contribution >= 4 is 43.5 Å². The molecular formula is C18H21N3S2. The highest BCUT2D eigenvalue weighted by Gasteiger charge is 2.24. The summed E-state index contributed by atoms with van der Waals surface area (Å²) in [6.45, 7) is 6.69. The fourth-order valence-corrected chi connectivity index (χ4v) is 5.56. The van der Waals surface area contributed by atoms with E-state index in [4.69, 9.17) is 4.98 Å². The van der Waals surface area contributed by atoms with Crippen molar-refractivity contribution in [3.63, 3.8) is 0 Å². The Morgan fingerprint density at radius 3 is 2.70 bits per heavy atom. The molecule has 3 aromatic heterocycles. The van der Waals surface area contributed by atoms with E-state index in [0.717, 1.165) is 21.1 Å². The van der Waals surface area contributed by atoms with Crippen LogP contribution in [0.1, 0.15) is 56.4 Å². The molecule has 0 spiro atoms. The third-order valence-electron chi connectivity index (χ3n) is 4.55. The van der Waals surface area contributed by atoms with Gasteiger partial charge in [0.2, 0.25) is 0 Å². The summed E-state index contributed by atoms with van der Waals surface area (Å²) < 4.78 is 1.22. The SMILES string of the molecule is CCSc1ncnc2c1sc1nc(C(C)C)c3c(c12)CCCC3. The lowest BCUT2D eigenvalue weighted by molar-refractivity contribution is 0.667. The molecule has 0 aliphatic heterocycles. The number of aromatic nitrogens is 3. The molecule has 0 N–H and O–H groups in total. The third kappa shape index (κ3) is 2.45. The molecule has 0 saturated heterocycles. The Labute approximate surface area is 144 Å². The van der Waals surface area contributed by atoms with Crippen molar-refractivity contribution in [2.24, 2.45) is 0 Å². The molecule has 0 aromatic carbocycles. The fraction of sp³-hybridized carbons (Fsp3) is 0.500. The van der Waals surface area contributed by atoms with Crippen LogP contribution in [0.2, 0.25) is 0 Å². The van der Waals surface area contributed by atoms with Gasteiger partial charge in [0.15, 0.2) is 0 Å². The topological polar surface area (TPSA) is 38.7 Å². The monoisotopic (exact) mass is 343 g/mol. The Balaban J connectivity index is 2.09. The predicted octanol–water partition coefficient (Wildman–Crippen LogP) is 5.35. The molecule has 120 valence electrons. The summed E-state index contributed by atoms with van der Waals surface area (Å²) in [6, 6.07) is 0. The molecule has 3 aromatic rings. The molecule has 23 heavy (non-hydrogen) atoms. The molecule has 1 aliphatic rings. The van der Waals surface area contributed by atoms with E-state index in [2.05, 4.69) is 30.7 Å². The molecule has 0 atom stereocenters. The molecule has 0 saturated carbocycles. The Kier molecular flexibility index (Phi) is 4.01. The number of rotatable bonds is 3. The minimum absolute atomic E-state index is 0.479. The van der Waals surface area contributed by atoms with Crippen molar-refractivity contribution in [2.45, 2.75) is 57.4 Å². The first-order valence-corrected chi connectivity index (χ1v) is 10.2. The fourth-order valence-electron chi connectivity index (χ4n) is 3.59. The molecule has 1 aliphatic carbocycles. The summed E-state index contributed by atoms with van der Waals surface area (Å²) in [5.41, 5.74) is 5.44. The normalized spacial score (nSPS) is 14.8. The van der Waals surface area contributed by atoms with Crippen LogP contribution in [-0.2, 0) is 12.8 Å². The summed E-state index contributed by atoms with van der Waals surface area (Å²) >= 11 is 3.58. The number of hydrogen-bond donors (Lipinski definition) is 0. The van der Waals surface area contributed by atoms with Crippen molar-refractivity contribution in [1.29, 1.82) is 0 Å². The highest BCUT2D eigenvalue weighted by molar-refractivity contribution is 7.99. The summed E-state index contributed by atoms with van der Waals surface area (Å²) in [7, 11) is 0. The second-order valence-electron chi connectivity index (χ2n) is 6.39. The maximum Gasteiger partial charge on any atom is 0.126 e. The largest absolute Gasteiger partial charge is 0.241 e. The van der Waals surface area contributed by atoms with E-state index in [-0.39, 0.29) is 0 Å². The molecule has 3 heterocycles. The minimum atomic E-state index is 0.479. The van der Waals surface area contributed by atoms with Crippen molar-refractivity contribution in [3.8, 4) is 0 Å². The van der Waals surface area contributed by atoms with E-state index < -0.39 is 0 Å². The summed E-state index contributed by atoms with van der Waals surface area (Å²) in [4.78, 5) is 15.4. The Morgan fingerprint density at radius 2 is 1.96 bits per heavy atom. The van der Waals surface area contributed by atoms with Gasteiger partial charge >= 0.3 is 0 Å². The predicted molar refractivity (Wildman–Crippen MR) is 99.8 cm³/mol. The second-order valence-corrected chi connectivity index (χ2v) is 8.64. The van der Waals surface area contributed by atoms with Gasteiger partial charge in [0.25, 0.3) is 0 Å². The van der Waals surface area contributed by atoms with Crippen molar-refractivity contribution in [3.05, 3.63) is 23.1 Å². The zero-order chi connectivity index (χ0) is 16.0. The highest BCUT2D eigenvalue weighted by atomic mass is 32.2. The number of fused-ring (bicyclic) bond motifs is 5. The summed E-state index contributed by atoms with van der Waals surface area (Å²) in [5, 5.41) is 2.42. The van der Waals surface area contributed by atoms with Gasteiger partial charge in [-0.2, -0.15) is 0 Å². The molecule has 0 radical (unpaired) electrons. The van der Waals surface area contributed by atoms with E-state index in [1.165, 1.54) is 52.6 Å². The van der Waals surface area contributed by atoms with Crippen LogP contribution in [0.4, 0.5) is 0 Å². The number of thioether (sulfide) groups is 1. The van der Waals surface area contributed by atoms with E-state index in [1.807, 2.05) is 0 Å². The van der Waals surface area contributed by atoms with Crippen LogP contribution < -0.4 is 0 Å². The first-order chi connectivity index (χ1) is 11.2. The first-order valence-electron chi connectivity index (χ1n) is 8.42. The van der Waals surface area contributed by atoms with E-state index in [9.17, 15) is 0 Å². The minimum Gasteiger partial charge on any atom is -0.241 e. The highest BCUT2D eigenvalue weighted by Crippen LogP contribution is 2.42. The zero-order valence-electron chi connectivity index (χ0n) is 13.8. The molecular weight excluding hydrogens is 322 g/mol. The number of thiophene rings is 1. The Bertz CT molecular complexity index is 883. The van der Waals surface area contributed by atoms with Gasteiger partial charge in [-0.25, -0.2) is 15.0 Å². The van der Waals surface area contributed by atoms with Crippen LogP contribution in [0.3, 0.4) is 0 Å². The number of aryl methyl sites for hydroxylation is 1. The van der Waals surface area contributed by atoms with Gasteiger partial charge < -0.3 is 0 Å². The lowest BCUT2D eigenvalue weighted by Crippen LogP contribution is -2.10. The third-order valence-corrected chi connectivity index (χ3v) is 6.63. The van der Waals surface area contributed by atoms with Crippen LogP contribution in [-0.4, -0.2) is 20.7 Å². The molecule has 0 unspecified atom stereocenters. The van der Waals surface area contributed by atoms with Crippen LogP contribution in [0, 0.1) is 0 Å². The van der Waals surface area contributed by atoms with Crippen molar-refractivity contribution in [1.82, 2.24) is 15.0 Å². The van der Waals surface area contributed by atoms with Gasteiger partial charge in [0, 0.05) is 11.1 Å². The number of nitrogens with zero attached hydrogens (tertiary/aromatic N) is 3. The van der Waals surface area contributed by atoms with Crippen LogP contribution in [0.15, 0.2) is 11.4 Å². The first kappa shape index (κ1) is 15.3. The Hall–Kier alpha value is -1.20. The number of pyridine rings is 1. The molecule has 0 amide bonds. The quantitative estimate of drug-likeness (QED) is 0.474. The molecule has 0 fully saturated rings. The lowest BCUT2D eigenvalue weighted by atomic mass is 9.86. The van der Waals surface area contributed by atoms with E-state index in [0.29, 0.717) is 5.92 Å². The standard InChI is InChI=1S/C18H21N3S2/c1-4-22-18-16-15(19-9-20-18)13-11-7-5-6-8-12(11)14(10(2)3)21-17(13)23-16/h9-10H,4-8H2,1-3H3. The number of hydrogen-bond acceptors (Lipinski definition) is 5. The lowest BCUT2D eigenvalue weighted by Gasteiger charge is -2.21. The summed E-state index contributed by atoms with van der Waals surface area (Å²) in [5.74, 6) is 1.51. The van der Waals surface area contributed by atoms with Gasteiger partial charge in [-0.05, 0) is 48.5 Å². The van der Waals surface area contributed by atoms with E-state index in [1.54, 1.807) is 29.4 Å². The van der Waals surface area contributed by atoms with E-state index >= 15 is 0 Å². The average molecular weight is 344 g/mol. The smallest absolute Gasteiger partial charge is 0.126 e. The van der Waals surface area contributed by atoms with Crippen molar-refractivity contribution in [2.75, 3.05) is 5.75 Å². The van der Waals surface area contributed by atoms with Gasteiger partial charge in [-0.15, -0.1) is 23.1 Å². The van der Waals surface area contributed by atoms with Crippen LogP contribution in [0.25, 0.3) is 20.4 Å². The molecule has 0 bridgehead atoms. The molecule has 4 rings (SSSR count). The van der Waals surface area contributed by atoms with Gasteiger partial charge in [0.05, 0.1) is 10.2 Å². The second kappa shape index (κ2) is 6.02. The zero-order valence-corrected chi connectivity index (χ0v) is 15.5. The van der Waals surface area contributed by atoms with Gasteiger partial charge in [-0.1, -0.05) is 20.8 Å². The maximum atomic E-state index is 5.07. The molecule has 5 heteroatoms. The van der Waals surface area contributed by atoms with Gasteiger partial charge in [0.1, 0.15) is 16.2 Å². The molecule has 3 nitrogen and oxygen atoms in total. The van der Waals surface area contributed by atoms with Gasteiger partial charge in [-0.3, -0.25) is 0 Å². The Morgan fingerprint density at radius 1 is 1.17 bits per heavy atom. The average Bonchev–Trinajstić information content (AvgIpc) is 2.94.